The van der Waals surface area contributed by atoms with E-state index in [-0.39, 0.29) is 23.4 Å². The lowest BCUT2D eigenvalue weighted by Gasteiger charge is -2.16. The van der Waals surface area contributed by atoms with Gasteiger partial charge in [-0.25, -0.2) is 4.79 Å². The molecule has 2 unspecified atom stereocenters. The lowest BCUT2D eigenvalue weighted by Crippen LogP contribution is -2.34. The number of halogens is 1. The average Bonchev–Trinajstić information content (AvgIpc) is 2.75. The van der Waals surface area contributed by atoms with Crippen LogP contribution in [0.3, 0.4) is 0 Å². The van der Waals surface area contributed by atoms with Gasteiger partial charge in [0.15, 0.2) is 0 Å². The Hall–Kier alpha value is -1.40. The molecule has 2 atom stereocenters. The van der Waals surface area contributed by atoms with Gasteiger partial charge in [-0.1, -0.05) is 22.4 Å². The largest absolute Gasteiger partial charge is 0.478 e. The van der Waals surface area contributed by atoms with E-state index in [1.165, 1.54) is 6.07 Å². The second-order valence-electron chi connectivity index (χ2n) is 4.69. The minimum atomic E-state index is -1.07. The molecular weight excluding hydrogens is 312 g/mol. The molecule has 0 heterocycles. The average molecular weight is 327 g/mol. The number of carbonyl (C=O) groups excluding carboxylic acids is 1. The summed E-state index contributed by atoms with van der Waals surface area (Å²) in [5.74, 6) is -1.51. The first-order chi connectivity index (χ1) is 8.99. The van der Waals surface area contributed by atoms with E-state index in [1.807, 2.05) is 0 Å². The number of aromatic carboxylic acids is 1. The van der Waals surface area contributed by atoms with Crippen LogP contribution in [0.2, 0.25) is 0 Å². The number of hydrogen-bond acceptors (Lipinski definition) is 3. The molecule has 0 aromatic heterocycles. The molecule has 1 aliphatic rings. The van der Waals surface area contributed by atoms with Crippen molar-refractivity contribution in [2.75, 3.05) is 5.32 Å². The molecule has 102 valence electrons. The number of carboxylic acids is 1. The number of anilines is 1. The Labute approximate surface area is 119 Å². The predicted molar refractivity (Wildman–Crippen MR) is 75.0 cm³/mol. The Kier molecular flexibility index (Phi) is 4.21. The minimum Gasteiger partial charge on any atom is -0.478 e. The Morgan fingerprint density at radius 3 is 2.68 bits per heavy atom. The van der Waals surface area contributed by atoms with E-state index in [1.54, 1.807) is 12.1 Å². The van der Waals surface area contributed by atoms with Crippen molar-refractivity contribution in [2.24, 2.45) is 11.7 Å². The first-order valence-corrected chi connectivity index (χ1v) is 6.87. The highest BCUT2D eigenvalue weighted by molar-refractivity contribution is 9.10. The van der Waals surface area contributed by atoms with Crippen molar-refractivity contribution in [2.45, 2.75) is 25.3 Å². The number of amides is 1. The molecule has 0 aliphatic heterocycles. The van der Waals surface area contributed by atoms with E-state index in [4.69, 9.17) is 10.8 Å². The summed E-state index contributed by atoms with van der Waals surface area (Å²) in [6, 6.07) is 4.53. The van der Waals surface area contributed by atoms with Gasteiger partial charge in [0.05, 0.1) is 17.2 Å². The summed E-state index contributed by atoms with van der Waals surface area (Å²) in [6.45, 7) is 0. The molecule has 1 aromatic carbocycles. The van der Waals surface area contributed by atoms with Gasteiger partial charge in [-0.2, -0.15) is 0 Å². The van der Waals surface area contributed by atoms with Crippen molar-refractivity contribution in [1.29, 1.82) is 0 Å². The summed E-state index contributed by atoms with van der Waals surface area (Å²) in [6.07, 6.45) is 2.52. The van der Waals surface area contributed by atoms with Crippen molar-refractivity contribution >= 4 is 33.5 Å². The van der Waals surface area contributed by atoms with Crippen LogP contribution in [-0.2, 0) is 4.79 Å². The van der Waals surface area contributed by atoms with Gasteiger partial charge in [0.2, 0.25) is 5.91 Å². The van der Waals surface area contributed by atoms with E-state index in [0.717, 1.165) is 19.3 Å². The maximum Gasteiger partial charge on any atom is 0.337 e. The van der Waals surface area contributed by atoms with Crippen molar-refractivity contribution < 1.29 is 14.7 Å². The molecule has 0 saturated heterocycles. The quantitative estimate of drug-likeness (QED) is 0.794. The summed E-state index contributed by atoms with van der Waals surface area (Å²) in [5.41, 5.74) is 6.24. The van der Waals surface area contributed by atoms with Crippen LogP contribution < -0.4 is 11.1 Å². The normalized spacial score (nSPS) is 22.2. The van der Waals surface area contributed by atoms with Gasteiger partial charge in [-0.3, -0.25) is 4.79 Å². The second-order valence-corrected chi connectivity index (χ2v) is 5.60. The van der Waals surface area contributed by atoms with Crippen LogP contribution in [0.1, 0.15) is 29.6 Å². The molecule has 1 aromatic rings. The zero-order valence-corrected chi connectivity index (χ0v) is 11.8. The highest BCUT2D eigenvalue weighted by atomic mass is 79.9. The zero-order valence-electron chi connectivity index (χ0n) is 10.2. The van der Waals surface area contributed by atoms with Crippen molar-refractivity contribution in [1.82, 2.24) is 0 Å². The highest BCUT2D eigenvalue weighted by Crippen LogP contribution is 2.27. The number of hydrogen-bond donors (Lipinski definition) is 3. The molecule has 1 saturated carbocycles. The monoisotopic (exact) mass is 326 g/mol. The Bertz CT molecular complexity index is 519. The number of nitrogens with one attached hydrogen (secondary N) is 1. The van der Waals surface area contributed by atoms with Crippen LogP contribution in [0.4, 0.5) is 5.69 Å². The van der Waals surface area contributed by atoms with Gasteiger partial charge >= 0.3 is 5.97 Å². The molecule has 1 fully saturated rings. The number of benzene rings is 1. The van der Waals surface area contributed by atoms with Crippen LogP contribution in [0.25, 0.3) is 0 Å². The Morgan fingerprint density at radius 1 is 1.37 bits per heavy atom. The van der Waals surface area contributed by atoms with Gasteiger partial charge < -0.3 is 16.2 Å². The maximum atomic E-state index is 12.1. The van der Waals surface area contributed by atoms with Crippen molar-refractivity contribution in [3.05, 3.63) is 28.2 Å². The topological polar surface area (TPSA) is 92.4 Å². The molecular formula is C13H15BrN2O3. The second kappa shape index (κ2) is 5.71. The molecule has 0 bridgehead atoms. The summed E-state index contributed by atoms with van der Waals surface area (Å²) in [4.78, 5) is 23.2. The van der Waals surface area contributed by atoms with Crippen LogP contribution in [0.5, 0.6) is 0 Å². The molecule has 1 amide bonds. The fraction of sp³-hybridized carbons (Fsp3) is 0.385. The Balaban J connectivity index is 2.20. The summed E-state index contributed by atoms with van der Waals surface area (Å²) in [5, 5.41) is 11.8. The third kappa shape index (κ3) is 3.13. The molecule has 6 heteroatoms. The molecule has 1 aliphatic carbocycles. The standard InChI is InChI=1S/C13H15BrN2O3/c14-7-4-5-9(13(18)19)11(6-7)16-12(17)8-2-1-3-10(8)15/h4-6,8,10H,1-3,15H2,(H,16,17)(H,18,19). The first kappa shape index (κ1) is 14.0. The highest BCUT2D eigenvalue weighted by Gasteiger charge is 2.30. The smallest absolute Gasteiger partial charge is 0.337 e. The van der Waals surface area contributed by atoms with Crippen molar-refractivity contribution in [3.8, 4) is 0 Å². The lowest BCUT2D eigenvalue weighted by molar-refractivity contribution is -0.120. The summed E-state index contributed by atoms with van der Waals surface area (Å²) < 4.78 is 0.712. The SMILES string of the molecule is NC1CCCC1C(=O)Nc1cc(Br)ccc1C(=O)O. The van der Waals surface area contributed by atoms with E-state index < -0.39 is 5.97 Å². The van der Waals surface area contributed by atoms with Gasteiger partial charge in [-0.05, 0) is 31.0 Å². The van der Waals surface area contributed by atoms with Crippen LogP contribution >= 0.6 is 15.9 Å². The molecule has 2 rings (SSSR count). The van der Waals surface area contributed by atoms with Crippen LogP contribution in [0.15, 0.2) is 22.7 Å². The van der Waals surface area contributed by atoms with Gasteiger partial charge in [0.1, 0.15) is 0 Å². The van der Waals surface area contributed by atoms with E-state index in [0.29, 0.717) is 10.2 Å². The zero-order chi connectivity index (χ0) is 14.0. The third-order valence-corrected chi connectivity index (χ3v) is 3.87. The minimum absolute atomic E-state index is 0.0723. The Morgan fingerprint density at radius 2 is 2.11 bits per heavy atom. The predicted octanol–water partition coefficient (Wildman–Crippen LogP) is 2.21. The number of carbonyl (C=O) groups is 2. The van der Waals surface area contributed by atoms with Gasteiger partial charge in [-0.15, -0.1) is 0 Å². The van der Waals surface area contributed by atoms with Crippen molar-refractivity contribution in [3.63, 3.8) is 0 Å². The summed E-state index contributed by atoms with van der Waals surface area (Å²) >= 11 is 3.26. The first-order valence-electron chi connectivity index (χ1n) is 6.08. The van der Waals surface area contributed by atoms with Gasteiger partial charge in [0, 0.05) is 10.5 Å². The fourth-order valence-corrected chi connectivity index (χ4v) is 2.71. The van der Waals surface area contributed by atoms with E-state index in [9.17, 15) is 9.59 Å². The van der Waals surface area contributed by atoms with Crippen LogP contribution in [-0.4, -0.2) is 23.0 Å². The van der Waals surface area contributed by atoms with Gasteiger partial charge in [0.25, 0.3) is 0 Å². The van der Waals surface area contributed by atoms with E-state index >= 15 is 0 Å². The van der Waals surface area contributed by atoms with Crippen LogP contribution in [0, 0.1) is 5.92 Å². The lowest BCUT2D eigenvalue weighted by atomic mass is 10.0. The third-order valence-electron chi connectivity index (χ3n) is 3.38. The number of rotatable bonds is 3. The summed E-state index contributed by atoms with van der Waals surface area (Å²) in [7, 11) is 0. The molecule has 4 N–H and O–H groups in total. The maximum absolute atomic E-state index is 12.1. The van der Waals surface area contributed by atoms with E-state index in [2.05, 4.69) is 21.2 Å². The molecule has 5 nitrogen and oxygen atoms in total. The number of carboxylic acid groups (broad SMARTS) is 1. The fourth-order valence-electron chi connectivity index (χ4n) is 2.35. The molecule has 0 spiro atoms. The molecule has 0 radical (unpaired) electrons. The number of nitrogens with two attached hydrogens (primary N) is 1. The molecule has 19 heavy (non-hydrogen) atoms.